The molecule has 0 saturated carbocycles. The summed E-state index contributed by atoms with van der Waals surface area (Å²) in [4.78, 5) is 18.2. The largest absolute Gasteiger partial charge is 0.444 e. The van der Waals surface area contributed by atoms with Gasteiger partial charge in [-0.15, -0.1) is 0 Å². The number of piperidine rings is 1. The molecule has 16 heavy (non-hydrogen) atoms. The first-order valence-electron chi connectivity index (χ1n) is 5.49. The van der Waals surface area contributed by atoms with E-state index in [2.05, 4.69) is 5.16 Å². The number of oxime groups is 1. The van der Waals surface area contributed by atoms with Crippen molar-refractivity contribution in [1.29, 1.82) is 0 Å². The van der Waals surface area contributed by atoms with Gasteiger partial charge in [0.05, 0.1) is 12.3 Å². The second-order valence-electron chi connectivity index (χ2n) is 4.85. The molecule has 1 aliphatic rings. The van der Waals surface area contributed by atoms with Gasteiger partial charge in [0.25, 0.3) is 0 Å². The Morgan fingerprint density at radius 3 is 2.69 bits per heavy atom. The van der Waals surface area contributed by atoms with Crippen molar-refractivity contribution >= 4 is 11.8 Å². The minimum absolute atomic E-state index is 0.281. The van der Waals surface area contributed by atoms with Gasteiger partial charge in [-0.3, -0.25) is 0 Å². The van der Waals surface area contributed by atoms with Crippen LogP contribution in [0, 0.1) is 0 Å². The van der Waals surface area contributed by atoms with E-state index in [0.717, 1.165) is 25.1 Å². The van der Waals surface area contributed by atoms with Gasteiger partial charge in [0.1, 0.15) is 12.7 Å². The van der Waals surface area contributed by atoms with Crippen molar-refractivity contribution in [2.24, 2.45) is 5.16 Å². The highest BCUT2D eigenvalue weighted by Crippen LogP contribution is 2.14. The molecule has 1 heterocycles. The molecule has 0 aromatic rings. The average Bonchev–Trinajstić information content (AvgIpc) is 2.16. The van der Waals surface area contributed by atoms with Gasteiger partial charge in [0, 0.05) is 6.54 Å². The van der Waals surface area contributed by atoms with E-state index in [1.54, 1.807) is 4.90 Å². The topological polar surface area (TPSA) is 51.1 Å². The highest BCUT2D eigenvalue weighted by Gasteiger charge is 2.25. The fourth-order valence-electron chi connectivity index (χ4n) is 1.54. The van der Waals surface area contributed by atoms with Gasteiger partial charge < -0.3 is 14.5 Å². The van der Waals surface area contributed by atoms with Gasteiger partial charge in [-0.05, 0) is 33.6 Å². The lowest BCUT2D eigenvalue weighted by atomic mass is 10.1. The lowest BCUT2D eigenvalue weighted by Gasteiger charge is -2.30. The fraction of sp³-hybridized carbons (Fsp3) is 0.818. The number of carbonyl (C=O) groups excluding carboxylic acids is 1. The van der Waals surface area contributed by atoms with Crippen molar-refractivity contribution in [2.75, 3.05) is 20.2 Å². The maximum atomic E-state index is 11.8. The molecule has 1 amide bonds. The van der Waals surface area contributed by atoms with E-state index in [-0.39, 0.29) is 6.09 Å². The number of rotatable bonds is 1. The van der Waals surface area contributed by atoms with Crippen LogP contribution in [0.25, 0.3) is 0 Å². The van der Waals surface area contributed by atoms with Crippen molar-refractivity contribution < 1.29 is 14.4 Å². The molecule has 0 aliphatic carbocycles. The molecule has 0 atom stereocenters. The number of carbonyl (C=O) groups is 1. The molecule has 1 saturated heterocycles. The van der Waals surface area contributed by atoms with Crippen LogP contribution in [0.1, 0.15) is 33.6 Å². The molecule has 1 fully saturated rings. The van der Waals surface area contributed by atoms with Crippen LogP contribution in [0.15, 0.2) is 5.16 Å². The monoisotopic (exact) mass is 228 g/mol. The highest BCUT2D eigenvalue weighted by atomic mass is 16.6. The smallest absolute Gasteiger partial charge is 0.410 e. The van der Waals surface area contributed by atoms with Crippen molar-refractivity contribution in [1.82, 2.24) is 4.90 Å². The molecule has 5 nitrogen and oxygen atoms in total. The standard InChI is InChI=1S/C11H20N2O3/c1-11(2,3)16-10(14)13-7-5-6-9(8-13)12-15-4/h5-8H2,1-4H3. The predicted molar refractivity (Wildman–Crippen MR) is 61.5 cm³/mol. The first-order chi connectivity index (χ1) is 7.42. The van der Waals surface area contributed by atoms with Crippen LogP contribution in [0.3, 0.4) is 0 Å². The molecule has 0 aromatic carbocycles. The third-order valence-electron chi connectivity index (χ3n) is 2.14. The van der Waals surface area contributed by atoms with Crippen LogP contribution >= 0.6 is 0 Å². The first kappa shape index (κ1) is 12.8. The van der Waals surface area contributed by atoms with E-state index in [4.69, 9.17) is 9.57 Å². The van der Waals surface area contributed by atoms with Crippen molar-refractivity contribution in [3.8, 4) is 0 Å². The lowest BCUT2D eigenvalue weighted by molar-refractivity contribution is 0.0264. The number of nitrogens with zero attached hydrogens (tertiary/aromatic N) is 2. The number of ether oxygens (including phenoxy) is 1. The summed E-state index contributed by atoms with van der Waals surface area (Å²) in [5.41, 5.74) is 0.437. The van der Waals surface area contributed by atoms with Crippen LogP contribution in [-0.4, -0.2) is 42.5 Å². The van der Waals surface area contributed by atoms with Gasteiger partial charge in [-0.2, -0.15) is 0 Å². The van der Waals surface area contributed by atoms with Gasteiger partial charge >= 0.3 is 6.09 Å². The number of hydrogen-bond donors (Lipinski definition) is 0. The molecular formula is C11H20N2O3. The molecule has 5 heteroatoms. The molecule has 1 aliphatic heterocycles. The molecule has 0 bridgehead atoms. The van der Waals surface area contributed by atoms with E-state index in [9.17, 15) is 4.79 Å². The molecule has 0 aromatic heterocycles. The molecule has 0 spiro atoms. The van der Waals surface area contributed by atoms with E-state index in [0.29, 0.717) is 6.54 Å². The maximum absolute atomic E-state index is 11.8. The summed E-state index contributed by atoms with van der Waals surface area (Å²) in [6.45, 7) is 6.80. The van der Waals surface area contributed by atoms with Crippen LogP contribution in [-0.2, 0) is 9.57 Å². The number of hydrogen-bond acceptors (Lipinski definition) is 4. The van der Waals surface area contributed by atoms with Crippen LogP contribution in [0.2, 0.25) is 0 Å². The van der Waals surface area contributed by atoms with Crippen molar-refractivity contribution in [2.45, 2.75) is 39.2 Å². The zero-order valence-electron chi connectivity index (χ0n) is 10.4. The summed E-state index contributed by atoms with van der Waals surface area (Å²) in [5.74, 6) is 0. The Balaban J connectivity index is 2.54. The Kier molecular flexibility index (Phi) is 4.15. The summed E-state index contributed by atoms with van der Waals surface area (Å²) >= 11 is 0. The molecule has 1 rings (SSSR count). The first-order valence-corrected chi connectivity index (χ1v) is 5.49. The summed E-state index contributed by atoms with van der Waals surface area (Å²) in [6, 6.07) is 0. The van der Waals surface area contributed by atoms with Gasteiger partial charge in [-0.25, -0.2) is 4.79 Å². The molecule has 92 valence electrons. The van der Waals surface area contributed by atoms with Crippen molar-refractivity contribution in [3.05, 3.63) is 0 Å². The van der Waals surface area contributed by atoms with Gasteiger partial charge in [0.2, 0.25) is 0 Å². The Hall–Kier alpha value is -1.26. The molecule has 0 radical (unpaired) electrons. The predicted octanol–water partition coefficient (Wildman–Crippen LogP) is 2.02. The molecular weight excluding hydrogens is 208 g/mol. The van der Waals surface area contributed by atoms with E-state index in [1.807, 2.05) is 20.8 Å². The summed E-state index contributed by atoms with van der Waals surface area (Å²) < 4.78 is 5.29. The average molecular weight is 228 g/mol. The van der Waals surface area contributed by atoms with Crippen LogP contribution < -0.4 is 0 Å². The zero-order valence-corrected chi connectivity index (χ0v) is 10.4. The summed E-state index contributed by atoms with van der Waals surface area (Å²) in [6.07, 6.45) is 1.50. The minimum Gasteiger partial charge on any atom is -0.444 e. The Bertz CT molecular complexity index is 281. The summed E-state index contributed by atoms with van der Waals surface area (Å²) in [5, 5.41) is 3.88. The van der Waals surface area contributed by atoms with Crippen LogP contribution in [0.5, 0.6) is 0 Å². The van der Waals surface area contributed by atoms with Crippen molar-refractivity contribution in [3.63, 3.8) is 0 Å². The Morgan fingerprint density at radius 1 is 1.44 bits per heavy atom. The quantitative estimate of drug-likeness (QED) is 0.645. The third-order valence-corrected chi connectivity index (χ3v) is 2.14. The second-order valence-corrected chi connectivity index (χ2v) is 4.85. The molecule has 0 N–H and O–H groups in total. The number of amides is 1. The summed E-state index contributed by atoms with van der Waals surface area (Å²) in [7, 11) is 1.51. The fourth-order valence-corrected chi connectivity index (χ4v) is 1.54. The second kappa shape index (κ2) is 5.18. The zero-order chi connectivity index (χ0) is 12.2. The normalized spacial score (nSPS) is 19.8. The van der Waals surface area contributed by atoms with E-state index >= 15 is 0 Å². The Morgan fingerprint density at radius 2 is 2.12 bits per heavy atom. The SMILES string of the molecule is CON=C1CCCN(C(=O)OC(C)(C)C)C1. The number of likely N-dealkylation sites (tertiary alicyclic amines) is 1. The third kappa shape index (κ3) is 4.08. The Labute approximate surface area is 96.4 Å². The van der Waals surface area contributed by atoms with E-state index in [1.165, 1.54) is 7.11 Å². The highest BCUT2D eigenvalue weighted by molar-refractivity contribution is 5.89. The maximum Gasteiger partial charge on any atom is 0.410 e. The minimum atomic E-state index is -0.451. The van der Waals surface area contributed by atoms with Gasteiger partial charge in [-0.1, -0.05) is 5.16 Å². The van der Waals surface area contributed by atoms with E-state index < -0.39 is 5.60 Å². The molecule has 0 unspecified atom stereocenters. The van der Waals surface area contributed by atoms with Crippen LogP contribution in [0.4, 0.5) is 4.79 Å². The van der Waals surface area contributed by atoms with Gasteiger partial charge in [0.15, 0.2) is 0 Å². The lowest BCUT2D eigenvalue weighted by Crippen LogP contribution is -2.43.